The van der Waals surface area contributed by atoms with Crippen molar-refractivity contribution in [2.45, 2.75) is 45.7 Å². The first kappa shape index (κ1) is 21.5. The molecule has 1 aromatic carbocycles. The summed E-state index contributed by atoms with van der Waals surface area (Å²) < 4.78 is 25.7. The number of likely N-dealkylation sites (tertiary alicyclic amines) is 1. The first-order valence-electron chi connectivity index (χ1n) is 9.74. The van der Waals surface area contributed by atoms with Gasteiger partial charge in [0.15, 0.2) is 5.96 Å². The molecule has 1 fully saturated rings. The summed E-state index contributed by atoms with van der Waals surface area (Å²) in [5.41, 5.74) is 1.42. The van der Waals surface area contributed by atoms with Crippen LogP contribution in [0.2, 0.25) is 0 Å². The Balaban J connectivity index is 2.00. The molecule has 0 radical (unpaired) electrons. The highest BCUT2D eigenvalue weighted by Gasteiger charge is 2.19. The fourth-order valence-corrected chi connectivity index (χ4v) is 3.85. The van der Waals surface area contributed by atoms with Gasteiger partial charge < -0.3 is 15.5 Å². The Morgan fingerprint density at radius 1 is 1.22 bits per heavy atom. The number of anilines is 1. The second-order valence-electron chi connectivity index (χ2n) is 6.99. The number of guanidine groups is 1. The zero-order chi connectivity index (χ0) is 19.7. The van der Waals surface area contributed by atoms with E-state index in [2.05, 4.69) is 32.2 Å². The van der Waals surface area contributed by atoms with Gasteiger partial charge in [-0.25, -0.2) is 13.4 Å². The topological polar surface area (TPSA) is 85.8 Å². The van der Waals surface area contributed by atoms with Crippen LogP contribution in [-0.4, -0.2) is 57.8 Å². The number of benzene rings is 1. The van der Waals surface area contributed by atoms with Gasteiger partial charge in [-0.2, -0.15) is 0 Å². The van der Waals surface area contributed by atoms with Crippen LogP contribution in [-0.2, 0) is 16.6 Å². The highest BCUT2D eigenvalue weighted by Crippen LogP contribution is 2.17. The van der Waals surface area contributed by atoms with Crippen LogP contribution in [0.25, 0.3) is 0 Å². The van der Waals surface area contributed by atoms with Gasteiger partial charge in [0.2, 0.25) is 10.0 Å². The minimum Gasteiger partial charge on any atom is -0.357 e. The molecule has 0 aliphatic carbocycles. The standard InChI is InChI=1S/C19H33N5O2S/c1-4-12-24-13-10-17(11-14-24)22-19(20-5-2)21-15-16-8-6-7-9-18(16)23-27(3,25)26/h6-9,17,23H,4-5,10-15H2,1-3H3,(H2,20,21,22). The Morgan fingerprint density at radius 3 is 2.56 bits per heavy atom. The van der Waals surface area contributed by atoms with Gasteiger partial charge in [0, 0.05) is 25.7 Å². The molecular weight excluding hydrogens is 362 g/mol. The Labute approximate surface area is 163 Å². The van der Waals surface area contributed by atoms with E-state index in [4.69, 9.17) is 0 Å². The predicted octanol–water partition coefficient (Wildman–Crippen LogP) is 1.99. The molecule has 1 heterocycles. The lowest BCUT2D eigenvalue weighted by Gasteiger charge is -2.32. The molecule has 0 bridgehead atoms. The molecular formula is C19H33N5O2S. The first-order valence-corrected chi connectivity index (χ1v) is 11.6. The van der Waals surface area contributed by atoms with Crippen LogP contribution in [0.3, 0.4) is 0 Å². The molecule has 0 aromatic heterocycles. The summed E-state index contributed by atoms with van der Waals surface area (Å²) in [7, 11) is -3.32. The van der Waals surface area contributed by atoms with E-state index in [1.54, 1.807) is 6.07 Å². The molecule has 0 saturated carbocycles. The van der Waals surface area contributed by atoms with E-state index in [-0.39, 0.29) is 0 Å². The second-order valence-corrected chi connectivity index (χ2v) is 8.74. The van der Waals surface area contributed by atoms with Crippen LogP contribution >= 0.6 is 0 Å². The molecule has 2 rings (SSSR count). The third kappa shape index (κ3) is 7.76. The lowest BCUT2D eigenvalue weighted by atomic mass is 10.1. The number of nitrogens with one attached hydrogen (secondary N) is 3. The van der Waals surface area contributed by atoms with E-state index in [1.165, 1.54) is 13.0 Å². The van der Waals surface area contributed by atoms with Crippen LogP contribution in [0.4, 0.5) is 5.69 Å². The molecule has 8 heteroatoms. The number of aliphatic imine (C=N–C) groups is 1. The fraction of sp³-hybridized carbons (Fsp3) is 0.632. The molecule has 0 spiro atoms. The van der Waals surface area contributed by atoms with Gasteiger partial charge in [-0.1, -0.05) is 25.1 Å². The van der Waals surface area contributed by atoms with E-state index in [0.29, 0.717) is 18.3 Å². The average Bonchev–Trinajstić information content (AvgIpc) is 2.61. The number of rotatable bonds is 8. The highest BCUT2D eigenvalue weighted by atomic mass is 32.2. The maximum atomic E-state index is 11.6. The zero-order valence-corrected chi connectivity index (χ0v) is 17.5. The molecule has 152 valence electrons. The normalized spacial score (nSPS) is 16.9. The van der Waals surface area contributed by atoms with Crippen molar-refractivity contribution in [2.24, 2.45) is 4.99 Å². The summed E-state index contributed by atoms with van der Waals surface area (Å²) in [6.45, 7) is 8.85. The maximum Gasteiger partial charge on any atom is 0.229 e. The van der Waals surface area contributed by atoms with Crippen molar-refractivity contribution >= 4 is 21.7 Å². The van der Waals surface area contributed by atoms with Crippen molar-refractivity contribution in [2.75, 3.05) is 37.2 Å². The smallest absolute Gasteiger partial charge is 0.229 e. The lowest BCUT2D eigenvalue weighted by molar-refractivity contribution is 0.206. The Bertz CT molecular complexity index is 713. The van der Waals surface area contributed by atoms with Crippen LogP contribution in [0.1, 0.15) is 38.7 Å². The summed E-state index contributed by atoms with van der Waals surface area (Å²) in [6.07, 6.45) is 4.57. The van der Waals surface area contributed by atoms with Gasteiger partial charge in [0.05, 0.1) is 18.5 Å². The van der Waals surface area contributed by atoms with E-state index in [1.807, 2.05) is 25.1 Å². The summed E-state index contributed by atoms with van der Waals surface area (Å²) in [4.78, 5) is 7.18. The summed E-state index contributed by atoms with van der Waals surface area (Å²) >= 11 is 0. The average molecular weight is 396 g/mol. The highest BCUT2D eigenvalue weighted by molar-refractivity contribution is 7.92. The quantitative estimate of drug-likeness (QED) is 0.463. The third-order valence-corrected chi connectivity index (χ3v) is 5.12. The van der Waals surface area contributed by atoms with E-state index >= 15 is 0 Å². The van der Waals surface area contributed by atoms with Crippen molar-refractivity contribution < 1.29 is 8.42 Å². The van der Waals surface area contributed by atoms with Crippen molar-refractivity contribution in [3.8, 4) is 0 Å². The number of nitrogens with zero attached hydrogens (tertiary/aromatic N) is 2. The van der Waals surface area contributed by atoms with Crippen molar-refractivity contribution in [1.82, 2.24) is 15.5 Å². The number of para-hydroxylation sites is 1. The molecule has 0 amide bonds. The van der Waals surface area contributed by atoms with Crippen LogP contribution in [0.5, 0.6) is 0 Å². The molecule has 7 nitrogen and oxygen atoms in total. The van der Waals surface area contributed by atoms with Gasteiger partial charge in [0.1, 0.15) is 0 Å². The fourth-order valence-electron chi connectivity index (χ4n) is 3.25. The molecule has 1 saturated heterocycles. The van der Waals surface area contributed by atoms with Gasteiger partial charge >= 0.3 is 0 Å². The lowest BCUT2D eigenvalue weighted by Crippen LogP contribution is -2.48. The maximum absolute atomic E-state index is 11.6. The Kier molecular flexibility index (Phi) is 8.37. The van der Waals surface area contributed by atoms with Crippen molar-refractivity contribution in [3.05, 3.63) is 29.8 Å². The van der Waals surface area contributed by atoms with Gasteiger partial charge in [-0.3, -0.25) is 4.72 Å². The van der Waals surface area contributed by atoms with Gasteiger partial charge in [-0.15, -0.1) is 0 Å². The molecule has 1 aliphatic heterocycles. The monoisotopic (exact) mass is 395 g/mol. The summed E-state index contributed by atoms with van der Waals surface area (Å²) in [5, 5.41) is 6.82. The van der Waals surface area contributed by atoms with Crippen molar-refractivity contribution in [1.29, 1.82) is 0 Å². The predicted molar refractivity (Wildman–Crippen MR) is 113 cm³/mol. The summed E-state index contributed by atoms with van der Waals surface area (Å²) in [6, 6.07) is 7.77. The molecule has 27 heavy (non-hydrogen) atoms. The minimum absolute atomic E-state index is 0.405. The van der Waals surface area contributed by atoms with E-state index < -0.39 is 10.0 Å². The molecule has 3 N–H and O–H groups in total. The largest absolute Gasteiger partial charge is 0.357 e. The number of sulfonamides is 1. The second kappa shape index (κ2) is 10.5. The van der Waals surface area contributed by atoms with E-state index in [0.717, 1.165) is 50.3 Å². The van der Waals surface area contributed by atoms with E-state index in [9.17, 15) is 8.42 Å². The number of piperidine rings is 1. The molecule has 1 aromatic rings. The first-order chi connectivity index (χ1) is 12.9. The van der Waals surface area contributed by atoms with Gasteiger partial charge in [0.25, 0.3) is 0 Å². The number of hydrogen-bond acceptors (Lipinski definition) is 4. The van der Waals surface area contributed by atoms with Crippen LogP contribution in [0.15, 0.2) is 29.3 Å². The Hall–Kier alpha value is -1.80. The van der Waals surface area contributed by atoms with Gasteiger partial charge in [-0.05, 0) is 44.4 Å². The molecule has 1 aliphatic rings. The third-order valence-electron chi connectivity index (χ3n) is 4.53. The molecule has 0 unspecified atom stereocenters. The number of hydrogen-bond donors (Lipinski definition) is 3. The van der Waals surface area contributed by atoms with Crippen molar-refractivity contribution in [3.63, 3.8) is 0 Å². The molecule has 0 atom stereocenters. The SMILES string of the molecule is CCCN1CCC(NC(=NCc2ccccc2NS(C)(=O)=O)NCC)CC1. The van der Waals surface area contributed by atoms with Crippen LogP contribution < -0.4 is 15.4 Å². The summed E-state index contributed by atoms with van der Waals surface area (Å²) in [5.74, 6) is 0.778. The minimum atomic E-state index is -3.32. The Morgan fingerprint density at radius 2 is 1.93 bits per heavy atom. The van der Waals surface area contributed by atoms with Crippen LogP contribution in [0, 0.1) is 0 Å². The zero-order valence-electron chi connectivity index (χ0n) is 16.7.